The fourth-order valence-corrected chi connectivity index (χ4v) is 4.16. The van der Waals surface area contributed by atoms with E-state index in [1.54, 1.807) is 0 Å². The van der Waals surface area contributed by atoms with Crippen LogP contribution in [0.2, 0.25) is 13.1 Å². The molecule has 0 radical (unpaired) electrons. The first-order valence-electron chi connectivity index (χ1n) is 4.90. The van der Waals surface area contributed by atoms with Crippen molar-refractivity contribution in [1.82, 2.24) is 0 Å². The van der Waals surface area contributed by atoms with Crippen molar-refractivity contribution in [2.75, 3.05) is 0 Å². The Bertz CT molecular complexity index is 468. The number of fused-ring (bicyclic) bond motifs is 1. The van der Waals surface area contributed by atoms with E-state index in [4.69, 9.17) is 5.40 Å². The molecular weight excluding hydrogens is 193 g/mol. The van der Waals surface area contributed by atoms with Gasteiger partial charge in [0, 0.05) is 0 Å². The van der Waals surface area contributed by atoms with E-state index in [9.17, 15) is 0 Å². The molecule has 1 nitrogen and oxygen atoms in total. The first-order chi connectivity index (χ1) is 6.50. The van der Waals surface area contributed by atoms with Gasteiger partial charge >= 0.3 is 18.9 Å². The summed E-state index contributed by atoms with van der Waals surface area (Å²) in [5, 5.41) is 12.1. The van der Waals surface area contributed by atoms with Gasteiger partial charge in [0.1, 0.15) is 0 Å². The summed E-state index contributed by atoms with van der Waals surface area (Å²) in [6.07, 6.45) is 0. The zero-order chi connectivity index (χ0) is 10.3. The molecule has 0 bridgehead atoms. The molecule has 0 spiro atoms. The second-order valence-electron chi connectivity index (χ2n) is 4.41. The quantitative estimate of drug-likeness (QED) is 0.476. The number of aryl methyl sites for hydroxylation is 1. The largest absolute Gasteiger partial charge is 1.00 e. The van der Waals surface area contributed by atoms with Gasteiger partial charge in [-0.15, -0.1) is 12.1 Å². The van der Waals surface area contributed by atoms with Crippen molar-refractivity contribution in [3.05, 3.63) is 41.3 Å². The Morgan fingerprint density at radius 1 is 1.20 bits per heavy atom. The summed E-state index contributed by atoms with van der Waals surface area (Å²) in [4.78, 5) is 0. The Morgan fingerprint density at radius 3 is 2.40 bits per heavy atom. The summed E-state index contributed by atoms with van der Waals surface area (Å²) in [7, 11) is -1.94. The van der Waals surface area contributed by atoms with E-state index >= 15 is 0 Å². The van der Waals surface area contributed by atoms with Crippen molar-refractivity contribution in [2.45, 2.75) is 20.0 Å². The van der Waals surface area contributed by atoms with Gasteiger partial charge in [0.15, 0.2) is 0 Å². The molecule has 0 aromatic heterocycles. The van der Waals surface area contributed by atoms with Crippen LogP contribution in [-0.2, 0) is 0 Å². The molecule has 74 valence electrons. The molecular formula is C12H15LiNSi-. The van der Waals surface area contributed by atoms with Crippen LogP contribution in [0.25, 0.3) is 16.2 Å². The molecule has 2 aromatic rings. The number of rotatable bonds is 1. The average molecular weight is 208 g/mol. The van der Waals surface area contributed by atoms with Crippen LogP contribution in [0.15, 0.2) is 30.3 Å². The first kappa shape index (κ1) is 12.7. The third-order valence-corrected chi connectivity index (χ3v) is 4.54. The van der Waals surface area contributed by atoms with Crippen LogP contribution in [0.1, 0.15) is 5.56 Å². The molecule has 0 aliphatic carbocycles. The molecule has 1 N–H and O–H groups in total. The number of hydrogen-bond acceptors (Lipinski definition) is 0. The van der Waals surface area contributed by atoms with Gasteiger partial charge in [-0.25, -0.2) is 0 Å². The van der Waals surface area contributed by atoms with Gasteiger partial charge in [-0.2, -0.15) is 27.6 Å². The maximum Gasteiger partial charge on any atom is 1.00 e. The smallest absolute Gasteiger partial charge is 0.678 e. The molecule has 0 atom stereocenters. The standard InChI is InChI=1S/C12H15NSi.Li/c1-9-8-10-6-4-5-7-11(10)12(9)14(2,3)13;/h4-8,13H,1-3H3;/q-2;+1. The van der Waals surface area contributed by atoms with Gasteiger partial charge in [-0.3, -0.25) is 0 Å². The topological polar surface area (TPSA) is 23.8 Å². The Labute approximate surface area is 104 Å². The second kappa shape index (κ2) is 4.23. The molecule has 0 aliphatic heterocycles. The molecule has 3 heteroatoms. The molecule has 0 saturated heterocycles. The van der Waals surface area contributed by atoms with E-state index in [1.165, 1.54) is 21.5 Å². The summed E-state index contributed by atoms with van der Waals surface area (Å²) < 4.78 is 0. The zero-order valence-electron chi connectivity index (χ0n) is 9.89. The van der Waals surface area contributed by atoms with Gasteiger partial charge in [-0.05, 0) is 0 Å². The summed E-state index contributed by atoms with van der Waals surface area (Å²) >= 11 is 0. The first-order valence-corrected chi connectivity index (χ1v) is 7.90. The predicted molar refractivity (Wildman–Crippen MR) is 65.7 cm³/mol. The van der Waals surface area contributed by atoms with Gasteiger partial charge in [0.05, 0.1) is 0 Å². The molecule has 0 aliphatic rings. The van der Waals surface area contributed by atoms with Crippen molar-refractivity contribution in [1.29, 1.82) is 0 Å². The van der Waals surface area contributed by atoms with Crippen molar-refractivity contribution >= 4 is 24.2 Å². The minimum absolute atomic E-state index is 0. The molecule has 0 amide bonds. The number of nitrogens with one attached hydrogen (secondary N) is 1. The third kappa shape index (κ3) is 2.24. The van der Waals surface area contributed by atoms with Crippen LogP contribution in [0.4, 0.5) is 0 Å². The van der Waals surface area contributed by atoms with Gasteiger partial charge in [-0.1, -0.05) is 40.4 Å². The van der Waals surface area contributed by atoms with Crippen LogP contribution < -0.4 is 24.0 Å². The summed E-state index contributed by atoms with van der Waals surface area (Å²) in [6.45, 7) is 6.29. The Balaban J connectivity index is 0.00000112. The Morgan fingerprint density at radius 2 is 1.80 bits per heavy atom. The van der Waals surface area contributed by atoms with Crippen LogP contribution >= 0.6 is 0 Å². The van der Waals surface area contributed by atoms with E-state index in [0.717, 1.165) is 0 Å². The molecule has 15 heavy (non-hydrogen) atoms. The maximum absolute atomic E-state index is 8.25. The maximum atomic E-state index is 8.25. The number of hydrogen-bond donors (Lipinski definition) is 0. The molecule has 0 heterocycles. The predicted octanol–water partition coefficient (Wildman–Crippen LogP) is 0.335. The summed E-state index contributed by atoms with van der Waals surface area (Å²) in [5.74, 6) is 0. The van der Waals surface area contributed by atoms with Gasteiger partial charge in [0.25, 0.3) is 0 Å². The fourth-order valence-electron chi connectivity index (χ4n) is 2.20. The van der Waals surface area contributed by atoms with Crippen LogP contribution in [-0.4, -0.2) is 8.24 Å². The fraction of sp³-hybridized carbons (Fsp3) is 0.250. The van der Waals surface area contributed by atoms with Gasteiger partial charge < -0.3 is 5.40 Å². The van der Waals surface area contributed by atoms with E-state index in [1.807, 2.05) is 0 Å². The SMILES string of the molecule is C[c-]1cc2ccccc2c1[Si](C)(C)[NH-].[Li+]. The van der Waals surface area contributed by atoms with Crippen molar-refractivity contribution < 1.29 is 18.9 Å². The normalized spacial score (nSPS) is 11.5. The van der Waals surface area contributed by atoms with Crippen molar-refractivity contribution in [3.63, 3.8) is 0 Å². The summed E-state index contributed by atoms with van der Waals surface area (Å²) in [5.41, 5.74) is 1.29. The zero-order valence-corrected chi connectivity index (χ0v) is 10.9. The van der Waals surface area contributed by atoms with E-state index < -0.39 is 8.24 Å². The minimum Gasteiger partial charge on any atom is -0.678 e. The second-order valence-corrected chi connectivity index (χ2v) is 8.16. The van der Waals surface area contributed by atoms with Crippen LogP contribution in [0.5, 0.6) is 0 Å². The minimum atomic E-state index is -1.94. The molecule has 0 saturated carbocycles. The van der Waals surface area contributed by atoms with Gasteiger partial charge in [0.2, 0.25) is 0 Å². The van der Waals surface area contributed by atoms with E-state index in [0.29, 0.717) is 0 Å². The number of benzene rings is 1. The molecule has 0 unspecified atom stereocenters. The third-order valence-electron chi connectivity index (χ3n) is 2.62. The van der Waals surface area contributed by atoms with Crippen molar-refractivity contribution in [2.24, 2.45) is 0 Å². The molecule has 2 aromatic carbocycles. The van der Waals surface area contributed by atoms with Crippen LogP contribution in [0, 0.1) is 6.92 Å². The Kier molecular flexibility index (Phi) is 3.57. The molecule has 0 fully saturated rings. The Hall–Kier alpha value is -0.396. The van der Waals surface area contributed by atoms with E-state index in [-0.39, 0.29) is 18.9 Å². The molecule has 2 rings (SSSR count). The van der Waals surface area contributed by atoms with E-state index in [2.05, 4.69) is 50.3 Å². The van der Waals surface area contributed by atoms with Crippen LogP contribution in [0.3, 0.4) is 0 Å². The average Bonchev–Trinajstić information content (AvgIpc) is 2.38. The van der Waals surface area contributed by atoms with Crippen molar-refractivity contribution in [3.8, 4) is 0 Å². The monoisotopic (exact) mass is 208 g/mol. The summed E-state index contributed by atoms with van der Waals surface area (Å²) in [6, 6.07) is 10.6.